The predicted octanol–water partition coefficient (Wildman–Crippen LogP) is 3.86. The fourth-order valence-electron chi connectivity index (χ4n) is 2.73. The zero-order valence-electron chi connectivity index (χ0n) is 14.5. The summed E-state index contributed by atoms with van der Waals surface area (Å²) in [7, 11) is -4.51. The molecule has 3 rings (SSSR count). The summed E-state index contributed by atoms with van der Waals surface area (Å²) < 4.78 is 21.3. The fraction of sp³-hybridized carbons (Fsp3) is 0.263. The van der Waals surface area contributed by atoms with E-state index < -0.39 is 13.4 Å². The van der Waals surface area contributed by atoms with Gasteiger partial charge in [-0.25, -0.2) is 4.57 Å². The molecule has 0 aliphatic carbocycles. The van der Waals surface area contributed by atoms with E-state index in [-0.39, 0.29) is 6.61 Å². The summed E-state index contributed by atoms with van der Waals surface area (Å²) in [5.41, 5.74) is 8.16. The fourth-order valence-corrected chi connectivity index (χ4v) is 3.19. The Labute approximate surface area is 151 Å². The third-order valence-electron chi connectivity index (χ3n) is 4.19. The van der Waals surface area contributed by atoms with Crippen molar-refractivity contribution in [1.82, 2.24) is 0 Å². The van der Waals surface area contributed by atoms with Crippen molar-refractivity contribution in [3.8, 4) is 11.3 Å². The molecule has 4 N–H and O–H groups in total. The third kappa shape index (κ3) is 5.04. The summed E-state index contributed by atoms with van der Waals surface area (Å²) in [6, 6.07) is 17.9. The second-order valence-electron chi connectivity index (χ2n) is 6.77. The summed E-state index contributed by atoms with van der Waals surface area (Å²) in [6.07, 6.45) is 1.20. The van der Waals surface area contributed by atoms with Gasteiger partial charge in [-0.3, -0.25) is 4.52 Å². The number of benzene rings is 2. The SMILES string of the molecule is C[C@@](N)(CCc1ccc2oc(-c3ccccc3)cc2c1)COP(=O)(O)O. The Morgan fingerprint density at radius 1 is 1.15 bits per heavy atom. The van der Waals surface area contributed by atoms with Crippen LogP contribution in [0.1, 0.15) is 18.9 Å². The minimum atomic E-state index is -4.51. The van der Waals surface area contributed by atoms with Gasteiger partial charge in [0.15, 0.2) is 0 Å². The van der Waals surface area contributed by atoms with E-state index in [9.17, 15) is 4.57 Å². The number of fused-ring (bicyclic) bond motifs is 1. The number of phosphoric acid groups is 1. The number of phosphoric ester groups is 1. The maximum atomic E-state index is 10.8. The van der Waals surface area contributed by atoms with Crippen LogP contribution in [0.15, 0.2) is 59.0 Å². The van der Waals surface area contributed by atoms with E-state index in [1.54, 1.807) is 6.92 Å². The molecule has 0 amide bonds. The molecule has 1 heterocycles. The largest absolute Gasteiger partial charge is 0.469 e. The molecule has 0 bridgehead atoms. The molecule has 0 spiro atoms. The van der Waals surface area contributed by atoms with Crippen LogP contribution in [0.25, 0.3) is 22.3 Å². The lowest BCUT2D eigenvalue weighted by Crippen LogP contribution is -2.41. The molecular formula is C19H22NO5P. The van der Waals surface area contributed by atoms with Crippen LogP contribution in [-0.2, 0) is 15.5 Å². The molecule has 1 atom stereocenters. The van der Waals surface area contributed by atoms with E-state index in [2.05, 4.69) is 4.52 Å². The van der Waals surface area contributed by atoms with Gasteiger partial charge >= 0.3 is 7.82 Å². The van der Waals surface area contributed by atoms with Gasteiger partial charge in [-0.15, -0.1) is 0 Å². The maximum Gasteiger partial charge on any atom is 0.469 e. The van der Waals surface area contributed by atoms with E-state index in [0.717, 1.165) is 27.9 Å². The average molecular weight is 375 g/mol. The minimum absolute atomic E-state index is 0.205. The minimum Gasteiger partial charge on any atom is -0.456 e. The van der Waals surface area contributed by atoms with Crippen LogP contribution in [0, 0.1) is 0 Å². The van der Waals surface area contributed by atoms with Gasteiger partial charge in [-0.2, -0.15) is 0 Å². The standard InChI is InChI=1S/C19H22NO5P/c1-19(20,13-24-26(21,22)23)10-9-14-7-8-17-16(11-14)12-18(25-17)15-5-3-2-4-6-15/h2-8,11-12H,9-10,13,20H2,1H3,(H2,21,22,23)/t19-/m1/s1. The van der Waals surface area contributed by atoms with Crippen LogP contribution in [0.5, 0.6) is 0 Å². The Morgan fingerprint density at radius 3 is 2.58 bits per heavy atom. The van der Waals surface area contributed by atoms with Gasteiger partial charge in [0.2, 0.25) is 0 Å². The molecule has 0 unspecified atom stereocenters. The molecule has 0 fully saturated rings. The van der Waals surface area contributed by atoms with Crippen molar-refractivity contribution in [3.05, 3.63) is 60.2 Å². The molecule has 26 heavy (non-hydrogen) atoms. The van der Waals surface area contributed by atoms with Gasteiger partial charge in [-0.05, 0) is 43.5 Å². The van der Waals surface area contributed by atoms with E-state index >= 15 is 0 Å². The molecule has 6 nitrogen and oxygen atoms in total. The molecule has 0 saturated carbocycles. The van der Waals surface area contributed by atoms with Crippen molar-refractivity contribution in [1.29, 1.82) is 0 Å². The van der Waals surface area contributed by atoms with Gasteiger partial charge in [0, 0.05) is 16.5 Å². The van der Waals surface area contributed by atoms with E-state index in [1.165, 1.54) is 0 Å². The lowest BCUT2D eigenvalue weighted by molar-refractivity contribution is 0.154. The second-order valence-corrected chi connectivity index (χ2v) is 8.01. The van der Waals surface area contributed by atoms with Crippen molar-refractivity contribution < 1.29 is 23.3 Å². The van der Waals surface area contributed by atoms with Crippen molar-refractivity contribution in [2.45, 2.75) is 25.3 Å². The number of aryl methyl sites for hydroxylation is 1. The number of hydrogen-bond acceptors (Lipinski definition) is 4. The van der Waals surface area contributed by atoms with Gasteiger partial charge in [0.05, 0.1) is 6.61 Å². The van der Waals surface area contributed by atoms with E-state index in [1.807, 2.05) is 54.6 Å². The monoisotopic (exact) mass is 375 g/mol. The van der Waals surface area contributed by atoms with Gasteiger partial charge in [-0.1, -0.05) is 36.4 Å². The first kappa shape index (κ1) is 18.8. The summed E-state index contributed by atoms with van der Waals surface area (Å²) in [5, 5.41) is 1.01. The van der Waals surface area contributed by atoms with Gasteiger partial charge < -0.3 is 19.9 Å². The highest BCUT2D eigenvalue weighted by atomic mass is 31.2. The number of hydrogen-bond donors (Lipinski definition) is 3. The quantitative estimate of drug-likeness (QED) is 0.542. The number of rotatable bonds is 7. The van der Waals surface area contributed by atoms with Crippen molar-refractivity contribution >= 4 is 18.8 Å². The molecule has 0 radical (unpaired) electrons. The molecule has 0 aliphatic rings. The third-order valence-corrected chi connectivity index (χ3v) is 4.65. The Morgan fingerprint density at radius 2 is 1.88 bits per heavy atom. The van der Waals surface area contributed by atoms with Crippen LogP contribution < -0.4 is 5.73 Å². The Bertz CT molecular complexity index is 930. The Hall–Kier alpha value is -1.95. The topological polar surface area (TPSA) is 106 Å². The first-order valence-corrected chi connectivity index (χ1v) is 9.82. The normalized spacial score (nSPS) is 14.5. The molecule has 138 valence electrons. The number of nitrogens with two attached hydrogens (primary N) is 1. The van der Waals surface area contributed by atoms with Gasteiger partial charge in [0.25, 0.3) is 0 Å². The molecular weight excluding hydrogens is 353 g/mol. The predicted molar refractivity (Wildman–Crippen MR) is 101 cm³/mol. The number of furan rings is 1. The van der Waals surface area contributed by atoms with Crippen molar-refractivity contribution in [3.63, 3.8) is 0 Å². The lowest BCUT2D eigenvalue weighted by atomic mass is 9.95. The molecule has 1 aromatic heterocycles. The average Bonchev–Trinajstić information content (AvgIpc) is 3.02. The molecule has 3 aromatic rings. The first-order chi connectivity index (χ1) is 12.2. The van der Waals surface area contributed by atoms with Crippen molar-refractivity contribution in [2.75, 3.05) is 6.61 Å². The smallest absolute Gasteiger partial charge is 0.456 e. The molecule has 0 saturated heterocycles. The zero-order chi connectivity index (χ0) is 18.8. The Balaban J connectivity index is 1.70. The molecule has 7 heteroatoms. The van der Waals surface area contributed by atoms with Crippen molar-refractivity contribution in [2.24, 2.45) is 5.73 Å². The van der Waals surface area contributed by atoms with Crippen LogP contribution in [-0.4, -0.2) is 21.9 Å². The highest BCUT2D eigenvalue weighted by Gasteiger charge is 2.24. The van der Waals surface area contributed by atoms with E-state index in [0.29, 0.717) is 12.8 Å². The maximum absolute atomic E-state index is 10.8. The molecule has 0 aliphatic heterocycles. The van der Waals surface area contributed by atoms with Crippen LogP contribution in [0.2, 0.25) is 0 Å². The summed E-state index contributed by atoms with van der Waals surface area (Å²) >= 11 is 0. The first-order valence-electron chi connectivity index (χ1n) is 8.29. The summed E-state index contributed by atoms with van der Waals surface area (Å²) in [5.74, 6) is 0.816. The van der Waals surface area contributed by atoms with Crippen LogP contribution in [0.3, 0.4) is 0 Å². The summed E-state index contributed by atoms with van der Waals surface area (Å²) in [4.78, 5) is 17.6. The van der Waals surface area contributed by atoms with Crippen LogP contribution >= 0.6 is 7.82 Å². The second kappa shape index (κ2) is 7.35. The highest BCUT2D eigenvalue weighted by Crippen LogP contribution is 2.37. The Kier molecular flexibility index (Phi) is 5.32. The van der Waals surface area contributed by atoms with E-state index in [4.69, 9.17) is 19.9 Å². The van der Waals surface area contributed by atoms with Gasteiger partial charge in [0.1, 0.15) is 11.3 Å². The highest BCUT2D eigenvalue weighted by molar-refractivity contribution is 7.46. The summed E-state index contributed by atoms with van der Waals surface area (Å²) in [6.45, 7) is 1.51. The zero-order valence-corrected chi connectivity index (χ0v) is 15.4. The molecule has 2 aromatic carbocycles. The van der Waals surface area contributed by atoms with Crippen LogP contribution in [0.4, 0.5) is 0 Å². The lowest BCUT2D eigenvalue weighted by Gasteiger charge is -2.24.